The van der Waals surface area contributed by atoms with Crippen molar-refractivity contribution in [2.24, 2.45) is 0 Å². The van der Waals surface area contributed by atoms with E-state index in [4.69, 9.17) is 9.47 Å². The van der Waals surface area contributed by atoms with Crippen LogP contribution >= 0.6 is 15.9 Å². The van der Waals surface area contributed by atoms with Crippen LogP contribution in [0.1, 0.15) is 5.56 Å². The van der Waals surface area contributed by atoms with Crippen molar-refractivity contribution in [2.75, 3.05) is 40.9 Å². The zero-order valence-electron chi connectivity index (χ0n) is 17.1. The van der Waals surface area contributed by atoms with Gasteiger partial charge in [-0.1, -0.05) is 22.0 Å². The number of alkyl halides is 2. The van der Waals surface area contributed by atoms with E-state index in [0.29, 0.717) is 19.7 Å². The van der Waals surface area contributed by atoms with Crippen molar-refractivity contribution in [2.45, 2.75) is 13.2 Å². The Balaban J connectivity index is 1.81. The van der Waals surface area contributed by atoms with Gasteiger partial charge in [-0.3, -0.25) is 9.69 Å². The molecule has 0 heterocycles. The summed E-state index contributed by atoms with van der Waals surface area (Å²) >= 11 is 3.37. The van der Waals surface area contributed by atoms with Gasteiger partial charge >= 0.3 is 6.61 Å². The Hall–Kier alpha value is -2.39. The van der Waals surface area contributed by atoms with E-state index in [2.05, 4.69) is 20.7 Å². The molecule has 0 spiro atoms. The van der Waals surface area contributed by atoms with E-state index in [9.17, 15) is 13.6 Å². The molecule has 0 aliphatic heterocycles. The maximum absolute atomic E-state index is 12.5. The first kappa shape index (κ1) is 23.9. The van der Waals surface area contributed by atoms with Gasteiger partial charge in [0.05, 0.1) is 13.7 Å². The minimum Gasteiger partial charge on any atom is -0.493 e. The molecule has 2 rings (SSSR count). The average Bonchev–Trinajstić information content (AvgIpc) is 2.70. The van der Waals surface area contributed by atoms with Gasteiger partial charge in [0.2, 0.25) is 5.91 Å². The molecule has 0 N–H and O–H groups in total. The second kappa shape index (κ2) is 11.7. The summed E-state index contributed by atoms with van der Waals surface area (Å²) < 4.78 is 41.0. The van der Waals surface area contributed by atoms with Crippen molar-refractivity contribution in [1.29, 1.82) is 0 Å². The van der Waals surface area contributed by atoms with E-state index < -0.39 is 6.61 Å². The summed E-state index contributed by atoms with van der Waals surface area (Å²) in [6.07, 6.45) is 0. The summed E-state index contributed by atoms with van der Waals surface area (Å²) in [4.78, 5) is 15.9. The molecule has 2 aromatic carbocycles. The van der Waals surface area contributed by atoms with Gasteiger partial charge in [0.1, 0.15) is 12.4 Å². The molecule has 1 amide bonds. The Morgan fingerprint density at radius 3 is 2.43 bits per heavy atom. The van der Waals surface area contributed by atoms with Crippen LogP contribution in [0.5, 0.6) is 17.2 Å². The number of amides is 1. The smallest absolute Gasteiger partial charge is 0.387 e. The number of halogens is 3. The van der Waals surface area contributed by atoms with E-state index in [0.717, 1.165) is 15.8 Å². The predicted molar refractivity (Wildman–Crippen MR) is 113 cm³/mol. The summed E-state index contributed by atoms with van der Waals surface area (Å²) in [5.74, 6) is 0.836. The molecule has 0 atom stereocenters. The molecule has 0 unspecified atom stereocenters. The summed E-state index contributed by atoms with van der Waals surface area (Å²) in [5, 5.41) is 0. The number of nitrogens with zero attached hydrogens (tertiary/aromatic N) is 2. The first-order chi connectivity index (χ1) is 14.3. The van der Waals surface area contributed by atoms with E-state index in [1.807, 2.05) is 36.2 Å². The van der Waals surface area contributed by atoms with Crippen LogP contribution in [-0.4, -0.2) is 63.2 Å². The van der Waals surface area contributed by atoms with Gasteiger partial charge in [-0.25, -0.2) is 0 Å². The number of carbonyl (C=O) groups is 1. The van der Waals surface area contributed by atoms with E-state index >= 15 is 0 Å². The fourth-order valence-corrected chi connectivity index (χ4v) is 2.91. The molecular weight excluding hydrogens is 462 g/mol. The third kappa shape index (κ3) is 7.79. The lowest BCUT2D eigenvalue weighted by Gasteiger charge is -2.22. The fraction of sp³-hybridized carbons (Fsp3) is 0.381. The number of benzene rings is 2. The van der Waals surface area contributed by atoms with Crippen LogP contribution in [0.3, 0.4) is 0 Å². The van der Waals surface area contributed by atoms with Gasteiger partial charge in [-0.15, -0.1) is 0 Å². The maximum atomic E-state index is 12.5. The second-order valence-electron chi connectivity index (χ2n) is 6.65. The van der Waals surface area contributed by atoms with Crippen LogP contribution in [0.25, 0.3) is 0 Å². The standard InChI is InChI=1S/C21H25BrF2N2O4/c1-25(10-11-29-17-7-5-16(22)6-8-17)14-20(27)26(2)13-15-4-9-18(30-21(23)24)19(12-15)28-3/h4-9,12,21H,10-11,13-14H2,1-3H3. The second-order valence-corrected chi connectivity index (χ2v) is 7.57. The molecule has 0 saturated heterocycles. The molecule has 9 heteroatoms. The van der Waals surface area contributed by atoms with E-state index in [1.54, 1.807) is 24.1 Å². The zero-order chi connectivity index (χ0) is 22.1. The highest BCUT2D eigenvalue weighted by atomic mass is 79.9. The number of methoxy groups -OCH3 is 1. The molecule has 30 heavy (non-hydrogen) atoms. The van der Waals surface area contributed by atoms with Crippen LogP contribution in [0.2, 0.25) is 0 Å². The first-order valence-electron chi connectivity index (χ1n) is 9.21. The maximum Gasteiger partial charge on any atom is 0.387 e. The number of hydrogen-bond acceptors (Lipinski definition) is 5. The molecule has 6 nitrogen and oxygen atoms in total. The van der Waals surface area contributed by atoms with Gasteiger partial charge in [0.25, 0.3) is 0 Å². The minimum atomic E-state index is -2.93. The van der Waals surface area contributed by atoms with Crippen molar-refractivity contribution >= 4 is 21.8 Å². The summed E-state index contributed by atoms with van der Waals surface area (Å²) in [6, 6.07) is 12.2. The fourth-order valence-electron chi connectivity index (χ4n) is 2.65. The van der Waals surface area contributed by atoms with Gasteiger partial charge < -0.3 is 19.1 Å². The van der Waals surface area contributed by atoms with Crippen molar-refractivity contribution in [3.8, 4) is 17.2 Å². The summed E-state index contributed by atoms with van der Waals surface area (Å²) in [5.41, 5.74) is 0.741. The number of ether oxygens (including phenoxy) is 3. The van der Waals surface area contributed by atoms with Crippen LogP contribution in [0.4, 0.5) is 8.78 Å². The highest BCUT2D eigenvalue weighted by Crippen LogP contribution is 2.29. The normalized spacial score (nSPS) is 10.9. The molecule has 0 fully saturated rings. The SMILES string of the molecule is COc1cc(CN(C)C(=O)CN(C)CCOc2ccc(Br)cc2)ccc1OC(F)F. The lowest BCUT2D eigenvalue weighted by atomic mass is 10.2. The first-order valence-corrected chi connectivity index (χ1v) is 10.0. The van der Waals surface area contributed by atoms with Crippen LogP contribution in [0.15, 0.2) is 46.9 Å². The average molecular weight is 487 g/mol. The third-order valence-corrected chi connectivity index (χ3v) is 4.78. The molecule has 0 bridgehead atoms. The Kier molecular flexibility index (Phi) is 9.32. The molecule has 0 radical (unpaired) electrons. The third-order valence-electron chi connectivity index (χ3n) is 4.25. The van der Waals surface area contributed by atoms with Crippen molar-refractivity contribution in [1.82, 2.24) is 9.80 Å². The quantitative estimate of drug-likeness (QED) is 0.479. The topological polar surface area (TPSA) is 51.2 Å². The van der Waals surface area contributed by atoms with Crippen LogP contribution in [-0.2, 0) is 11.3 Å². The highest BCUT2D eigenvalue weighted by molar-refractivity contribution is 9.10. The molecule has 0 aliphatic rings. The van der Waals surface area contributed by atoms with Gasteiger partial charge in [0, 0.05) is 24.6 Å². The largest absolute Gasteiger partial charge is 0.493 e. The Morgan fingerprint density at radius 1 is 1.10 bits per heavy atom. The van der Waals surface area contributed by atoms with Crippen molar-refractivity contribution in [3.63, 3.8) is 0 Å². The molecule has 0 aliphatic carbocycles. The molecular formula is C21H25BrF2N2O4. The summed E-state index contributed by atoms with van der Waals surface area (Å²) in [6.45, 7) is -1.35. The molecule has 0 aromatic heterocycles. The molecule has 0 saturated carbocycles. The number of hydrogen-bond donors (Lipinski definition) is 0. The van der Waals surface area contributed by atoms with Gasteiger partial charge in [-0.2, -0.15) is 8.78 Å². The minimum absolute atomic E-state index is 0.0456. The van der Waals surface area contributed by atoms with Gasteiger partial charge in [-0.05, 0) is 49.0 Å². The predicted octanol–water partition coefficient (Wildman–Crippen LogP) is 4.03. The Morgan fingerprint density at radius 2 is 1.80 bits per heavy atom. The highest BCUT2D eigenvalue weighted by Gasteiger charge is 2.15. The monoisotopic (exact) mass is 486 g/mol. The van der Waals surface area contributed by atoms with Crippen LogP contribution < -0.4 is 14.2 Å². The molecule has 164 valence electrons. The summed E-state index contributed by atoms with van der Waals surface area (Å²) in [7, 11) is 4.90. The molecule has 2 aromatic rings. The van der Waals surface area contributed by atoms with Crippen LogP contribution in [0, 0.1) is 0 Å². The van der Waals surface area contributed by atoms with Crippen molar-refractivity contribution in [3.05, 3.63) is 52.5 Å². The zero-order valence-corrected chi connectivity index (χ0v) is 18.7. The number of carbonyl (C=O) groups excluding carboxylic acids is 1. The van der Waals surface area contributed by atoms with E-state index in [-0.39, 0.29) is 24.0 Å². The number of rotatable bonds is 11. The Labute approximate surface area is 183 Å². The lowest BCUT2D eigenvalue weighted by Crippen LogP contribution is -2.37. The number of likely N-dealkylation sites (N-methyl/N-ethyl adjacent to an activating group) is 2. The van der Waals surface area contributed by atoms with E-state index in [1.165, 1.54) is 13.2 Å². The van der Waals surface area contributed by atoms with Crippen molar-refractivity contribution < 1.29 is 27.8 Å². The Bertz CT molecular complexity index is 821. The van der Waals surface area contributed by atoms with Gasteiger partial charge in [0.15, 0.2) is 11.5 Å². The lowest BCUT2D eigenvalue weighted by molar-refractivity contribution is -0.131.